The summed E-state index contributed by atoms with van der Waals surface area (Å²) in [5.74, 6) is -0.0179. The highest BCUT2D eigenvalue weighted by atomic mass is 32.2. The summed E-state index contributed by atoms with van der Waals surface area (Å²) in [6.07, 6.45) is 2.82. The minimum absolute atomic E-state index is 0.00176. The first-order chi connectivity index (χ1) is 11.4. The number of carbonyl (C=O) groups is 1. The molecule has 1 aromatic heterocycles. The summed E-state index contributed by atoms with van der Waals surface area (Å²) in [5.41, 5.74) is 1.11. The molecule has 1 saturated heterocycles. The maximum atomic E-state index is 12.3. The normalized spacial score (nSPS) is 16.0. The third-order valence-electron chi connectivity index (χ3n) is 4.01. The Hall–Kier alpha value is -1.77. The molecule has 24 heavy (non-hydrogen) atoms. The third kappa shape index (κ3) is 3.82. The van der Waals surface area contributed by atoms with E-state index in [4.69, 9.17) is 0 Å². The van der Waals surface area contributed by atoms with E-state index >= 15 is 0 Å². The fourth-order valence-corrected chi connectivity index (χ4v) is 4.36. The topological polar surface area (TPSA) is 88.2 Å². The van der Waals surface area contributed by atoms with Gasteiger partial charge in [-0.3, -0.25) is 4.79 Å². The summed E-state index contributed by atoms with van der Waals surface area (Å²) in [6, 6.07) is 6.75. The van der Waals surface area contributed by atoms with Gasteiger partial charge in [-0.15, -0.1) is 11.3 Å². The van der Waals surface area contributed by atoms with Crippen molar-refractivity contribution in [1.29, 1.82) is 0 Å². The van der Waals surface area contributed by atoms with Crippen molar-refractivity contribution in [2.45, 2.75) is 17.7 Å². The molecule has 0 radical (unpaired) electrons. The predicted molar refractivity (Wildman–Crippen MR) is 94.9 cm³/mol. The molecule has 128 valence electrons. The highest BCUT2D eigenvalue weighted by Gasteiger charge is 2.22. The van der Waals surface area contributed by atoms with Gasteiger partial charge >= 0.3 is 0 Å². The molecule has 3 rings (SSSR count). The Balaban J connectivity index is 1.80. The van der Waals surface area contributed by atoms with Gasteiger partial charge in [0.05, 0.1) is 10.6 Å². The predicted octanol–water partition coefficient (Wildman–Crippen LogP) is 2.15. The molecule has 0 spiro atoms. The van der Waals surface area contributed by atoms with Gasteiger partial charge in [0, 0.05) is 23.1 Å². The van der Waals surface area contributed by atoms with Crippen molar-refractivity contribution in [3.8, 4) is 11.3 Å². The number of nitrogens with zero attached hydrogens (tertiary/aromatic N) is 1. The second-order valence-electron chi connectivity index (χ2n) is 5.82. The van der Waals surface area contributed by atoms with Crippen molar-refractivity contribution >= 4 is 32.2 Å². The summed E-state index contributed by atoms with van der Waals surface area (Å²) in [5, 5.41) is 8.34. The van der Waals surface area contributed by atoms with Crippen molar-refractivity contribution in [3.63, 3.8) is 0 Å². The van der Waals surface area contributed by atoms with E-state index in [-0.39, 0.29) is 16.7 Å². The van der Waals surface area contributed by atoms with Crippen molar-refractivity contribution in [1.82, 2.24) is 10.3 Å². The SMILES string of the molecule is CS(=O)(=O)c1ccccc1-c1csc(NC(=O)C2CCNCC2)n1. The second kappa shape index (κ2) is 7.00. The number of thiazole rings is 1. The lowest BCUT2D eigenvalue weighted by atomic mass is 9.97. The van der Waals surface area contributed by atoms with Crippen LogP contribution in [0.25, 0.3) is 11.3 Å². The molecule has 0 unspecified atom stereocenters. The van der Waals surface area contributed by atoms with E-state index in [0.717, 1.165) is 25.9 Å². The molecule has 8 heteroatoms. The van der Waals surface area contributed by atoms with Crippen LogP contribution in [0.1, 0.15) is 12.8 Å². The molecule has 0 saturated carbocycles. The van der Waals surface area contributed by atoms with Gasteiger partial charge in [0.15, 0.2) is 15.0 Å². The molecule has 1 aliphatic heterocycles. The Morgan fingerprint density at radius 2 is 2.00 bits per heavy atom. The lowest BCUT2D eigenvalue weighted by molar-refractivity contribution is -0.120. The van der Waals surface area contributed by atoms with Gasteiger partial charge in [-0.05, 0) is 32.0 Å². The second-order valence-corrected chi connectivity index (χ2v) is 8.66. The van der Waals surface area contributed by atoms with Crippen LogP contribution in [0.3, 0.4) is 0 Å². The first kappa shape index (κ1) is 17.1. The Kier molecular flexibility index (Phi) is 4.98. The van der Waals surface area contributed by atoms with E-state index in [1.54, 1.807) is 29.6 Å². The maximum absolute atomic E-state index is 12.3. The van der Waals surface area contributed by atoms with Gasteiger partial charge in [-0.2, -0.15) is 0 Å². The Bertz CT molecular complexity index is 840. The van der Waals surface area contributed by atoms with Gasteiger partial charge in [0.25, 0.3) is 0 Å². The lowest BCUT2D eigenvalue weighted by Gasteiger charge is -2.21. The average Bonchev–Trinajstić information content (AvgIpc) is 3.03. The highest BCUT2D eigenvalue weighted by molar-refractivity contribution is 7.90. The van der Waals surface area contributed by atoms with E-state index in [1.807, 2.05) is 0 Å². The Morgan fingerprint density at radius 3 is 2.71 bits per heavy atom. The summed E-state index contributed by atoms with van der Waals surface area (Å²) >= 11 is 1.30. The van der Waals surface area contributed by atoms with Gasteiger partial charge in [-0.25, -0.2) is 13.4 Å². The zero-order chi connectivity index (χ0) is 17.2. The molecule has 1 aliphatic rings. The zero-order valence-electron chi connectivity index (χ0n) is 13.3. The Labute approximate surface area is 145 Å². The van der Waals surface area contributed by atoms with Crippen LogP contribution in [0.2, 0.25) is 0 Å². The number of hydrogen-bond acceptors (Lipinski definition) is 6. The number of rotatable bonds is 4. The standard InChI is InChI=1S/C16H19N3O3S2/c1-24(21,22)14-5-3-2-4-12(14)13-10-23-16(18-13)19-15(20)11-6-8-17-9-7-11/h2-5,10-11,17H,6-9H2,1H3,(H,18,19,20). The van der Waals surface area contributed by atoms with Gasteiger partial charge in [0.2, 0.25) is 5.91 Å². The van der Waals surface area contributed by atoms with Crippen LogP contribution in [-0.2, 0) is 14.6 Å². The number of piperidine rings is 1. The quantitative estimate of drug-likeness (QED) is 0.867. The molecular formula is C16H19N3O3S2. The molecule has 1 aromatic carbocycles. The summed E-state index contributed by atoms with van der Waals surface area (Å²) in [6.45, 7) is 1.70. The van der Waals surface area contributed by atoms with E-state index in [2.05, 4.69) is 15.6 Å². The molecule has 0 bridgehead atoms. The maximum Gasteiger partial charge on any atom is 0.229 e. The number of sulfone groups is 1. The number of amides is 1. The smallest absolute Gasteiger partial charge is 0.229 e. The van der Waals surface area contributed by atoms with Crippen molar-refractivity contribution in [2.24, 2.45) is 5.92 Å². The van der Waals surface area contributed by atoms with Crippen LogP contribution in [0.4, 0.5) is 5.13 Å². The molecule has 0 atom stereocenters. The number of carbonyl (C=O) groups excluding carboxylic acids is 1. The molecule has 2 heterocycles. The fourth-order valence-electron chi connectivity index (χ4n) is 2.75. The average molecular weight is 365 g/mol. The van der Waals surface area contributed by atoms with Gasteiger partial charge < -0.3 is 10.6 Å². The van der Waals surface area contributed by atoms with Gasteiger partial charge in [0.1, 0.15) is 0 Å². The van der Waals surface area contributed by atoms with Gasteiger partial charge in [-0.1, -0.05) is 18.2 Å². The van der Waals surface area contributed by atoms with E-state index < -0.39 is 9.84 Å². The number of nitrogens with one attached hydrogen (secondary N) is 2. The monoisotopic (exact) mass is 365 g/mol. The molecule has 2 aromatic rings. The van der Waals surface area contributed by atoms with Crippen LogP contribution < -0.4 is 10.6 Å². The number of anilines is 1. The van der Waals surface area contributed by atoms with Crippen LogP contribution in [0.5, 0.6) is 0 Å². The lowest BCUT2D eigenvalue weighted by Crippen LogP contribution is -2.34. The van der Waals surface area contributed by atoms with Crippen molar-refractivity contribution in [3.05, 3.63) is 29.6 Å². The molecule has 0 aliphatic carbocycles. The molecule has 1 amide bonds. The van der Waals surface area contributed by atoms with Crippen LogP contribution in [0, 0.1) is 5.92 Å². The van der Waals surface area contributed by atoms with Crippen molar-refractivity contribution < 1.29 is 13.2 Å². The number of hydrogen-bond donors (Lipinski definition) is 2. The third-order valence-corrected chi connectivity index (χ3v) is 5.92. The summed E-state index contributed by atoms with van der Waals surface area (Å²) in [7, 11) is -3.34. The minimum atomic E-state index is -3.34. The van der Waals surface area contributed by atoms with E-state index in [9.17, 15) is 13.2 Å². The first-order valence-electron chi connectivity index (χ1n) is 7.72. The highest BCUT2D eigenvalue weighted by Crippen LogP contribution is 2.30. The molecular weight excluding hydrogens is 346 g/mol. The van der Waals surface area contributed by atoms with Crippen LogP contribution in [0.15, 0.2) is 34.5 Å². The fraction of sp³-hybridized carbons (Fsp3) is 0.375. The summed E-state index contributed by atoms with van der Waals surface area (Å²) in [4.78, 5) is 16.9. The summed E-state index contributed by atoms with van der Waals surface area (Å²) < 4.78 is 23.8. The number of aromatic nitrogens is 1. The van der Waals surface area contributed by atoms with Crippen LogP contribution >= 0.6 is 11.3 Å². The van der Waals surface area contributed by atoms with Crippen LogP contribution in [-0.4, -0.2) is 38.7 Å². The Morgan fingerprint density at radius 1 is 1.29 bits per heavy atom. The van der Waals surface area contributed by atoms with E-state index in [0.29, 0.717) is 16.4 Å². The molecule has 1 fully saturated rings. The van der Waals surface area contributed by atoms with Crippen molar-refractivity contribution in [2.75, 3.05) is 24.7 Å². The molecule has 6 nitrogen and oxygen atoms in total. The zero-order valence-corrected chi connectivity index (χ0v) is 14.9. The minimum Gasteiger partial charge on any atom is -0.317 e. The van der Waals surface area contributed by atoms with E-state index in [1.165, 1.54) is 17.6 Å². The molecule has 2 N–H and O–H groups in total. The largest absolute Gasteiger partial charge is 0.317 e. The number of benzene rings is 1. The first-order valence-corrected chi connectivity index (χ1v) is 10.5.